The number of hydrogen-bond donors (Lipinski definition) is 1. The standard InChI is InChI=1S/C11H14N2O2/c1-7-12-6-9(5-10(14)15)11(13-7)8-3-2-4-8/h6,8H,2-5H2,1H3,(H,14,15). The molecule has 80 valence electrons. The molecule has 0 aliphatic heterocycles. The molecule has 15 heavy (non-hydrogen) atoms. The molecule has 2 rings (SSSR count). The minimum atomic E-state index is -0.817. The molecular weight excluding hydrogens is 192 g/mol. The lowest BCUT2D eigenvalue weighted by molar-refractivity contribution is -0.136. The Morgan fingerprint density at radius 3 is 2.87 bits per heavy atom. The van der Waals surface area contributed by atoms with Gasteiger partial charge in [-0.3, -0.25) is 4.79 Å². The second-order valence-electron chi connectivity index (χ2n) is 4.03. The first-order chi connectivity index (χ1) is 7.16. The summed E-state index contributed by atoms with van der Waals surface area (Å²) >= 11 is 0. The molecule has 1 N–H and O–H groups in total. The van der Waals surface area contributed by atoms with Gasteiger partial charge in [0.05, 0.1) is 12.1 Å². The van der Waals surface area contributed by atoms with Crippen LogP contribution in [0.2, 0.25) is 0 Å². The number of carboxylic acid groups (broad SMARTS) is 1. The molecule has 0 amide bonds. The highest BCUT2D eigenvalue weighted by molar-refractivity contribution is 5.70. The summed E-state index contributed by atoms with van der Waals surface area (Å²) in [6, 6.07) is 0. The van der Waals surface area contributed by atoms with E-state index in [1.807, 2.05) is 6.92 Å². The Kier molecular flexibility index (Phi) is 2.66. The maximum absolute atomic E-state index is 10.7. The lowest BCUT2D eigenvalue weighted by Crippen LogP contribution is -2.16. The first-order valence-corrected chi connectivity index (χ1v) is 5.21. The van der Waals surface area contributed by atoms with Crippen LogP contribution in [0.1, 0.15) is 42.3 Å². The van der Waals surface area contributed by atoms with Crippen LogP contribution in [0.3, 0.4) is 0 Å². The van der Waals surface area contributed by atoms with E-state index in [-0.39, 0.29) is 6.42 Å². The summed E-state index contributed by atoms with van der Waals surface area (Å²) in [6.07, 6.45) is 5.17. The molecular formula is C11H14N2O2. The number of carbonyl (C=O) groups is 1. The zero-order valence-electron chi connectivity index (χ0n) is 8.73. The Bertz CT molecular complexity index is 386. The van der Waals surface area contributed by atoms with E-state index in [1.165, 1.54) is 6.42 Å². The fraction of sp³-hybridized carbons (Fsp3) is 0.545. The molecule has 1 aromatic rings. The van der Waals surface area contributed by atoms with Gasteiger partial charge >= 0.3 is 5.97 Å². The molecule has 4 nitrogen and oxygen atoms in total. The normalized spacial score (nSPS) is 16.1. The highest BCUT2D eigenvalue weighted by Crippen LogP contribution is 2.36. The largest absolute Gasteiger partial charge is 0.481 e. The van der Waals surface area contributed by atoms with Crippen LogP contribution in [0.25, 0.3) is 0 Å². The number of aromatic nitrogens is 2. The van der Waals surface area contributed by atoms with Crippen LogP contribution in [-0.4, -0.2) is 21.0 Å². The van der Waals surface area contributed by atoms with Crippen molar-refractivity contribution in [2.75, 3.05) is 0 Å². The third-order valence-electron chi connectivity index (χ3n) is 2.85. The van der Waals surface area contributed by atoms with E-state index in [1.54, 1.807) is 6.20 Å². The molecule has 1 heterocycles. The lowest BCUT2D eigenvalue weighted by Gasteiger charge is -2.26. The van der Waals surface area contributed by atoms with Gasteiger partial charge in [0, 0.05) is 17.7 Å². The number of carboxylic acids is 1. The van der Waals surface area contributed by atoms with Gasteiger partial charge in [0.2, 0.25) is 0 Å². The van der Waals surface area contributed by atoms with Gasteiger partial charge < -0.3 is 5.11 Å². The second-order valence-corrected chi connectivity index (χ2v) is 4.03. The van der Waals surface area contributed by atoms with E-state index in [4.69, 9.17) is 5.11 Å². The molecule has 1 aliphatic rings. The number of hydrogen-bond acceptors (Lipinski definition) is 3. The maximum atomic E-state index is 10.7. The van der Waals surface area contributed by atoms with E-state index < -0.39 is 5.97 Å². The summed E-state index contributed by atoms with van der Waals surface area (Å²) in [5, 5.41) is 8.78. The molecule has 1 saturated carbocycles. The number of rotatable bonds is 3. The highest BCUT2D eigenvalue weighted by atomic mass is 16.4. The van der Waals surface area contributed by atoms with Gasteiger partial charge in [-0.15, -0.1) is 0 Å². The summed E-state index contributed by atoms with van der Waals surface area (Å²) in [7, 11) is 0. The maximum Gasteiger partial charge on any atom is 0.307 e. The zero-order chi connectivity index (χ0) is 10.8. The van der Waals surface area contributed by atoms with E-state index in [0.29, 0.717) is 5.92 Å². The Morgan fingerprint density at radius 2 is 2.33 bits per heavy atom. The van der Waals surface area contributed by atoms with Crippen LogP contribution in [0, 0.1) is 6.92 Å². The monoisotopic (exact) mass is 206 g/mol. The predicted molar refractivity (Wildman–Crippen MR) is 54.7 cm³/mol. The SMILES string of the molecule is Cc1ncc(CC(=O)O)c(C2CCC2)n1. The van der Waals surface area contributed by atoms with Crippen LogP contribution in [0.4, 0.5) is 0 Å². The number of aryl methyl sites for hydroxylation is 1. The van der Waals surface area contributed by atoms with Crippen molar-refractivity contribution >= 4 is 5.97 Å². The van der Waals surface area contributed by atoms with Crippen molar-refractivity contribution in [1.82, 2.24) is 9.97 Å². The molecule has 0 atom stereocenters. The first kappa shape index (κ1) is 10.1. The minimum Gasteiger partial charge on any atom is -0.481 e. The van der Waals surface area contributed by atoms with Gasteiger partial charge in [-0.25, -0.2) is 9.97 Å². The van der Waals surface area contributed by atoms with Crippen molar-refractivity contribution in [3.05, 3.63) is 23.3 Å². The quantitative estimate of drug-likeness (QED) is 0.817. The van der Waals surface area contributed by atoms with E-state index in [9.17, 15) is 4.79 Å². The summed E-state index contributed by atoms with van der Waals surface area (Å²) in [4.78, 5) is 19.1. The Morgan fingerprint density at radius 1 is 1.60 bits per heavy atom. The van der Waals surface area contributed by atoms with Crippen LogP contribution < -0.4 is 0 Å². The number of aliphatic carboxylic acids is 1. The highest BCUT2D eigenvalue weighted by Gasteiger charge is 2.24. The molecule has 1 fully saturated rings. The molecule has 0 unspecified atom stereocenters. The van der Waals surface area contributed by atoms with Gasteiger partial charge in [0.25, 0.3) is 0 Å². The Hall–Kier alpha value is -1.45. The smallest absolute Gasteiger partial charge is 0.307 e. The van der Waals surface area contributed by atoms with Crippen molar-refractivity contribution in [2.24, 2.45) is 0 Å². The van der Waals surface area contributed by atoms with Crippen molar-refractivity contribution < 1.29 is 9.90 Å². The fourth-order valence-corrected chi connectivity index (χ4v) is 1.85. The molecule has 1 aliphatic carbocycles. The van der Waals surface area contributed by atoms with Gasteiger partial charge in [-0.05, 0) is 19.8 Å². The summed E-state index contributed by atoms with van der Waals surface area (Å²) in [6.45, 7) is 1.84. The molecule has 0 bridgehead atoms. The van der Waals surface area contributed by atoms with Gasteiger partial charge in [0.15, 0.2) is 0 Å². The van der Waals surface area contributed by atoms with Gasteiger partial charge in [-0.2, -0.15) is 0 Å². The predicted octanol–water partition coefficient (Wildman–Crippen LogP) is 1.68. The molecule has 0 aromatic carbocycles. The van der Waals surface area contributed by atoms with Crippen molar-refractivity contribution in [2.45, 2.75) is 38.5 Å². The summed E-state index contributed by atoms with van der Waals surface area (Å²) in [5.74, 6) is 0.370. The summed E-state index contributed by atoms with van der Waals surface area (Å²) < 4.78 is 0. The molecule has 0 spiro atoms. The van der Waals surface area contributed by atoms with Gasteiger partial charge in [-0.1, -0.05) is 6.42 Å². The van der Waals surface area contributed by atoms with Crippen molar-refractivity contribution in [3.8, 4) is 0 Å². The second kappa shape index (κ2) is 3.96. The zero-order valence-corrected chi connectivity index (χ0v) is 8.73. The Labute approximate surface area is 88.4 Å². The van der Waals surface area contributed by atoms with E-state index in [0.717, 1.165) is 29.9 Å². The van der Waals surface area contributed by atoms with Crippen LogP contribution in [-0.2, 0) is 11.2 Å². The molecule has 0 saturated heterocycles. The molecule has 4 heteroatoms. The van der Waals surface area contributed by atoms with Gasteiger partial charge in [0.1, 0.15) is 5.82 Å². The minimum absolute atomic E-state index is 0.0338. The number of nitrogens with zero attached hydrogens (tertiary/aromatic N) is 2. The topological polar surface area (TPSA) is 63.1 Å². The van der Waals surface area contributed by atoms with Crippen molar-refractivity contribution in [1.29, 1.82) is 0 Å². The first-order valence-electron chi connectivity index (χ1n) is 5.21. The lowest BCUT2D eigenvalue weighted by atomic mass is 9.81. The third kappa shape index (κ3) is 2.14. The average Bonchev–Trinajstić information content (AvgIpc) is 2.06. The Balaban J connectivity index is 2.30. The fourth-order valence-electron chi connectivity index (χ4n) is 1.85. The van der Waals surface area contributed by atoms with Crippen LogP contribution in [0.15, 0.2) is 6.20 Å². The van der Waals surface area contributed by atoms with Crippen LogP contribution in [0.5, 0.6) is 0 Å². The molecule has 0 radical (unpaired) electrons. The van der Waals surface area contributed by atoms with Crippen molar-refractivity contribution in [3.63, 3.8) is 0 Å². The summed E-state index contributed by atoms with van der Waals surface area (Å²) in [5.41, 5.74) is 1.73. The average molecular weight is 206 g/mol. The van der Waals surface area contributed by atoms with E-state index in [2.05, 4.69) is 9.97 Å². The van der Waals surface area contributed by atoms with Crippen LogP contribution >= 0.6 is 0 Å². The molecule has 1 aromatic heterocycles. The van der Waals surface area contributed by atoms with E-state index >= 15 is 0 Å². The third-order valence-corrected chi connectivity index (χ3v) is 2.85.